The van der Waals surface area contributed by atoms with Crippen LogP contribution in [0.2, 0.25) is 0 Å². The Bertz CT molecular complexity index is 3730. The number of nitrogens with zero attached hydrogens (tertiary/aromatic N) is 6. The first-order chi connectivity index (χ1) is 31.7. The molecule has 0 aliphatic heterocycles. The Labute approximate surface area is 388 Å². The quantitative estimate of drug-likeness (QED) is 0.150. The molecule has 0 saturated heterocycles. The number of hydrogen-bond acceptors (Lipinski definition) is 3. The number of ether oxygens (including phenoxy) is 1. The van der Waals surface area contributed by atoms with Gasteiger partial charge in [0.1, 0.15) is 5.82 Å². The fourth-order valence-electron chi connectivity index (χ4n) is 9.80. The summed E-state index contributed by atoms with van der Waals surface area (Å²) in [4.78, 5) is 5.37. The van der Waals surface area contributed by atoms with Crippen molar-refractivity contribution in [2.24, 2.45) is 0 Å². The third kappa shape index (κ3) is 6.07. The zero-order chi connectivity index (χ0) is 42.3. The van der Waals surface area contributed by atoms with Crippen LogP contribution in [0.4, 0.5) is 0 Å². The second-order valence-corrected chi connectivity index (χ2v) is 16.2. The molecule has 8 heteroatoms. The summed E-state index contributed by atoms with van der Waals surface area (Å²) < 4.78 is 15.3. The van der Waals surface area contributed by atoms with Crippen molar-refractivity contribution >= 4 is 65.4 Å². The maximum absolute atomic E-state index is 6.44. The van der Waals surface area contributed by atoms with E-state index < -0.39 is 0 Å². The van der Waals surface area contributed by atoms with E-state index in [1.54, 1.807) is 10.9 Å². The molecule has 0 radical (unpaired) electrons. The Balaban J connectivity index is 0.00000444. The van der Waals surface area contributed by atoms with Gasteiger partial charge in [0.15, 0.2) is 0 Å². The first-order valence-electron chi connectivity index (χ1n) is 21.4. The van der Waals surface area contributed by atoms with Gasteiger partial charge in [-0.1, -0.05) is 103 Å². The number of pyridine rings is 1. The molecule has 5 aromatic heterocycles. The molecule has 0 aliphatic rings. The van der Waals surface area contributed by atoms with Crippen molar-refractivity contribution in [3.63, 3.8) is 0 Å². The molecule has 0 amide bonds. The predicted octanol–water partition coefficient (Wildman–Crippen LogP) is 13.9. The molecule has 5 heterocycles. The molecule has 0 atom stereocenters. The van der Waals surface area contributed by atoms with Crippen molar-refractivity contribution in [3.05, 3.63) is 218 Å². The number of hydrogen-bond donors (Lipinski definition) is 0. The zero-order valence-electron chi connectivity index (χ0n) is 35.0. The van der Waals surface area contributed by atoms with E-state index in [2.05, 4.69) is 196 Å². The minimum absolute atomic E-state index is 0. The van der Waals surface area contributed by atoms with E-state index in [1.165, 1.54) is 21.5 Å². The fourth-order valence-corrected chi connectivity index (χ4v) is 9.80. The Morgan fingerprint density at radius 2 is 0.985 bits per heavy atom. The molecule has 0 bridgehead atoms. The number of aryl methyl sites for hydroxylation is 1. The van der Waals surface area contributed by atoms with Gasteiger partial charge in [0.25, 0.3) is 0 Å². The van der Waals surface area contributed by atoms with E-state index in [4.69, 9.17) is 9.72 Å². The van der Waals surface area contributed by atoms with Crippen molar-refractivity contribution in [2.45, 2.75) is 6.92 Å². The van der Waals surface area contributed by atoms with Crippen LogP contribution in [0.3, 0.4) is 0 Å². The van der Waals surface area contributed by atoms with Crippen LogP contribution in [-0.4, -0.2) is 28.5 Å². The third-order valence-electron chi connectivity index (χ3n) is 12.5. The average molecular weight is 1020 g/mol. The first-order valence-corrected chi connectivity index (χ1v) is 21.4. The van der Waals surface area contributed by atoms with E-state index in [0.717, 1.165) is 83.4 Å². The number of benzene rings is 8. The van der Waals surface area contributed by atoms with Crippen molar-refractivity contribution in [2.75, 3.05) is 0 Å². The Morgan fingerprint density at radius 1 is 0.477 bits per heavy atom. The molecular weight excluding hydrogens is 980 g/mol. The van der Waals surface area contributed by atoms with Crippen molar-refractivity contribution < 1.29 is 25.8 Å². The van der Waals surface area contributed by atoms with Crippen molar-refractivity contribution in [3.8, 4) is 45.5 Å². The zero-order valence-corrected chi connectivity index (χ0v) is 37.2. The van der Waals surface area contributed by atoms with Crippen LogP contribution in [0.15, 0.2) is 201 Å². The monoisotopic (exact) mass is 1020 g/mol. The van der Waals surface area contributed by atoms with E-state index in [-0.39, 0.29) is 21.1 Å². The summed E-state index contributed by atoms with van der Waals surface area (Å²) in [6.45, 7) is 2.20. The van der Waals surface area contributed by atoms with Crippen LogP contribution in [0, 0.1) is 19.1 Å². The Morgan fingerprint density at radius 3 is 1.52 bits per heavy atom. The number of aromatic nitrogens is 6. The molecular formula is C57H36N6OPt. The van der Waals surface area contributed by atoms with Gasteiger partial charge in [-0.3, -0.25) is 4.68 Å². The summed E-state index contributed by atoms with van der Waals surface area (Å²) in [6, 6.07) is 70.9. The normalized spacial score (nSPS) is 11.6. The van der Waals surface area contributed by atoms with E-state index in [9.17, 15) is 0 Å². The van der Waals surface area contributed by atoms with Gasteiger partial charge in [0, 0.05) is 68.3 Å². The molecule has 13 rings (SSSR count). The van der Waals surface area contributed by atoms with Gasteiger partial charge in [-0.25, -0.2) is 4.98 Å². The molecule has 7 nitrogen and oxygen atoms in total. The molecule has 0 fully saturated rings. The summed E-state index contributed by atoms with van der Waals surface area (Å²) in [5.74, 6) is 1.95. The van der Waals surface area contributed by atoms with Gasteiger partial charge >= 0.3 is 21.1 Å². The SMILES string of the molecule is Cc1cc(-n2c3[c-]c(Oc4[c-]c(-n5cccn5)ccc4)ccc3c3ccccc32)ncc1-c1c(-n2c3ccccc3c3ccccc32)cccc1-n1c2ccccc2c2ccccc21.[Pt+2]. The second-order valence-electron chi connectivity index (χ2n) is 16.2. The second kappa shape index (κ2) is 15.4. The minimum Gasteiger partial charge on any atom is -0.509 e. The molecule has 310 valence electrons. The summed E-state index contributed by atoms with van der Waals surface area (Å²) in [5.41, 5.74) is 12.7. The minimum atomic E-state index is 0. The van der Waals surface area contributed by atoms with Crippen LogP contribution in [-0.2, 0) is 21.1 Å². The average Bonchev–Trinajstić information content (AvgIpc) is 4.14. The van der Waals surface area contributed by atoms with E-state index in [1.807, 2.05) is 36.5 Å². The molecule has 13 aromatic rings. The van der Waals surface area contributed by atoms with Crippen LogP contribution in [0.1, 0.15) is 5.56 Å². The van der Waals surface area contributed by atoms with Crippen LogP contribution < -0.4 is 4.74 Å². The number of fused-ring (bicyclic) bond motifs is 9. The summed E-state index contributed by atoms with van der Waals surface area (Å²) in [7, 11) is 0. The topological polar surface area (TPSA) is 54.7 Å². The van der Waals surface area contributed by atoms with Gasteiger partial charge in [-0.15, -0.1) is 35.7 Å². The third-order valence-corrected chi connectivity index (χ3v) is 12.5. The van der Waals surface area contributed by atoms with E-state index in [0.29, 0.717) is 11.5 Å². The molecule has 0 saturated carbocycles. The fraction of sp³-hybridized carbons (Fsp3) is 0.0175. The molecule has 8 aromatic carbocycles. The maximum atomic E-state index is 6.44. The van der Waals surface area contributed by atoms with Crippen LogP contribution in [0.25, 0.3) is 99.4 Å². The number of rotatable bonds is 7. The molecule has 0 spiro atoms. The standard InChI is InChI=1S/C57H36N6O.Pt/c1-37-33-56(63-52-26-11-6-21-45(52)46-30-29-40(35-55(46)63)64-39-16-12-15-38(34-39)60-32-14-31-59-60)58-36-47(37)57-53(61-48-22-7-2-17-41(48)42-18-3-8-23-49(42)61)27-13-28-54(57)62-50-24-9-4-19-43(50)44-20-5-10-25-51(44)62;/h2-33,36H,1H3;/q-2;+2. The van der Waals surface area contributed by atoms with Crippen molar-refractivity contribution in [1.82, 2.24) is 28.5 Å². The molecule has 0 N–H and O–H groups in total. The van der Waals surface area contributed by atoms with Gasteiger partial charge < -0.3 is 18.4 Å². The first kappa shape index (κ1) is 38.7. The maximum Gasteiger partial charge on any atom is 2.00 e. The Hall–Kier alpha value is -7.99. The summed E-state index contributed by atoms with van der Waals surface area (Å²) in [6.07, 6.45) is 5.70. The van der Waals surface area contributed by atoms with Crippen LogP contribution in [0.5, 0.6) is 11.5 Å². The number of para-hydroxylation sites is 5. The smallest absolute Gasteiger partial charge is 0.509 e. The molecule has 65 heavy (non-hydrogen) atoms. The molecule has 0 unspecified atom stereocenters. The van der Waals surface area contributed by atoms with Gasteiger partial charge in [-0.2, -0.15) is 17.2 Å². The molecule has 0 aliphatic carbocycles. The predicted molar refractivity (Wildman–Crippen MR) is 259 cm³/mol. The summed E-state index contributed by atoms with van der Waals surface area (Å²) >= 11 is 0. The Kier molecular flexibility index (Phi) is 9.14. The van der Waals surface area contributed by atoms with Gasteiger partial charge in [0.05, 0.1) is 33.4 Å². The van der Waals surface area contributed by atoms with Gasteiger partial charge in [-0.05, 0) is 78.2 Å². The van der Waals surface area contributed by atoms with Crippen molar-refractivity contribution in [1.29, 1.82) is 0 Å². The largest absolute Gasteiger partial charge is 2.00 e. The summed E-state index contributed by atoms with van der Waals surface area (Å²) in [5, 5.41) is 11.4. The van der Waals surface area contributed by atoms with E-state index >= 15 is 0 Å². The van der Waals surface area contributed by atoms with Crippen LogP contribution >= 0.6 is 0 Å². The van der Waals surface area contributed by atoms with Gasteiger partial charge in [0.2, 0.25) is 0 Å².